The molecule has 1 atom stereocenters. The van der Waals surface area contributed by atoms with Gasteiger partial charge in [-0.25, -0.2) is 14.2 Å². The average molecular weight is 411 g/mol. The molecule has 3 aromatic rings. The zero-order valence-electron chi connectivity index (χ0n) is 15.2. The van der Waals surface area contributed by atoms with E-state index in [1.165, 1.54) is 6.07 Å². The molecule has 2 aliphatic heterocycles. The Hall–Kier alpha value is -3.19. The maximum atomic E-state index is 14.1. The Balaban J connectivity index is 1.46. The predicted octanol–water partition coefficient (Wildman–Crippen LogP) is 4.89. The van der Waals surface area contributed by atoms with E-state index in [-0.39, 0.29) is 11.8 Å². The van der Waals surface area contributed by atoms with Crippen LogP contribution in [0.1, 0.15) is 29.3 Å². The summed E-state index contributed by atoms with van der Waals surface area (Å²) in [7, 11) is 0. The first-order valence-electron chi connectivity index (χ1n) is 9.22. The SMILES string of the molecule is O=C1Nc2ccnc(Cl)c2CN1c1ccc2c(c1)OC(c1ncccc1F)CC2. The van der Waals surface area contributed by atoms with Gasteiger partial charge in [-0.05, 0) is 42.7 Å². The number of carbonyl (C=O) groups excluding carboxylic acids is 1. The highest BCUT2D eigenvalue weighted by atomic mass is 35.5. The fourth-order valence-electron chi connectivity index (χ4n) is 3.71. The first kappa shape index (κ1) is 17.9. The van der Waals surface area contributed by atoms with Gasteiger partial charge in [-0.3, -0.25) is 9.88 Å². The van der Waals surface area contributed by atoms with E-state index >= 15 is 0 Å². The molecule has 1 aromatic carbocycles. The van der Waals surface area contributed by atoms with Crippen LogP contribution in [0, 0.1) is 5.82 Å². The third kappa shape index (κ3) is 3.17. The topological polar surface area (TPSA) is 67.4 Å². The van der Waals surface area contributed by atoms with Crippen molar-refractivity contribution in [2.75, 3.05) is 10.2 Å². The highest BCUT2D eigenvalue weighted by Crippen LogP contribution is 2.39. The van der Waals surface area contributed by atoms with Gasteiger partial charge in [0.05, 0.1) is 12.2 Å². The fraction of sp³-hybridized carbons (Fsp3) is 0.190. The number of carbonyl (C=O) groups is 1. The third-order valence-corrected chi connectivity index (χ3v) is 5.53. The summed E-state index contributed by atoms with van der Waals surface area (Å²) in [5.74, 6) is 0.242. The van der Waals surface area contributed by atoms with Gasteiger partial charge in [-0.1, -0.05) is 17.7 Å². The Bertz CT molecular complexity index is 1120. The van der Waals surface area contributed by atoms with Crippen molar-refractivity contribution in [2.45, 2.75) is 25.5 Å². The van der Waals surface area contributed by atoms with Crippen molar-refractivity contribution in [1.82, 2.24) is 9.97 Å². The molecule has 2 amide bonds. The molecule has 1 N–H and O–H groups in total. The molecule has 0 spiro atoms. The zero-order chi connectivity index (χ0) is 20.0. The summed E-state index contributed by atoms with van der Waals surface area (Å²) in [6.07, 6.45) is 4.02. The monoisotopic (exact) mass is 410 g/mol. The molecule has 1 unspecified atom stereocenters. The van der Waals surface area contributed by atoms with Crippen LogP contribution in [0.25, 0.3) is 0 Å². The number of nitrogens with one attached hydrogen (secondary N) is 1. The van der Waals surface area contributed by atoms with Gasteiger partial charge >= 0.3 is 6.03 Å². The predicted molar refractivity (Wildman–Crippen MR) is 107 cm³/mol. The van der Waals surface area contributed by atoms with Gasteiger partial charge in [0.25, 0.3) is 0 Å². The summed E-state index contributed by atoms with van der Waals surface area (Å²) in [6, 6.07) is 10.0. The number of pyridine rings is 2. The third-order valence-electron chi connectivity index (χ3n) is 5.21. The summed E-state index contributed by atoms with van der Waals surface area (Å²) in [5.41, 5.74) is 3.38. The molecule has 6 nitrogen and oxygen atoms in total. The normalized spacial score (nSPS) is 17.8. The van der Waals surface area contributed by atoms with Gasteiger partial charge in [-0.2, -0.15) is 0 Å². The van der Waals surface area contributed by atoms with E-state index in [4.69, 9.17) is 16.3 Å². The maximum absolute atomic E-state index is 14.1. The summed E-state index contributed by atoms with van der Waals surface area (Å²) in [6.45, 7) is 0.297. The van der Waals surface area contributed by atoms with Crippen molar-refractivity contribution in [3.63, 3.8) is 0 Å². The Kier molecular flexibility index (Phi) is 4.32. The average Bonchev–Trinajstić information content (AvgIpc) is 2.73. The number of anilines is 2. The van der Waals surface area contributed by atoms with Gasteiger partial charge < -0.3 is 10.1 Å². The fourth-order valence-corrected chi connectivity index (χ4v) is 3.93. The van der Waals surface area contributed by atoms with E-state index < -0.39 is 6.10 Å². The minimum absolute atomic E-state index is 0.261. The molecule has 0 fully saturated rings. The van der Waals surface area contributed by atoms with Crippen LogP contribution in [0.5, 0.6) is 5.75 Å². The number of aryl methyl sites for hydroxylation is 1. The lowest BCUT2D eigenvalue weighted by molar-refractivity contribution is 0.167. The summed E-state index contributed by atoms with van der Waals surface area (Å²) in [5, 5.41) is 3.19. The molecule has 29 heavy (non-hydrogen) atoms. The molecule has 4 heterocycles. The van der Waals surface area contributed by atoms with E-state index in [1.54, 1.807) is 35.5 Å². The van der Waals surface area contributed by atoms with Gasteiger partial charge in [0, 0.05) is 29.7 Å². The van der Waals surface area contributed by atoms with Gasteiger partial charge in [0.1, 0.15) is 28.5 Å². The van der Waals surface area contributed by atoms with Gasteiger partial charge in [0.15, 0.2) is 0 Å². The summed E-state index contributed by atoms with van der Waals surface area (Å²) in [4.78, 5) is 22.4. The Morgan fingerprint density at radius 1 is 1.21 bits per heavy atom. The number of aromatic nitrogens is 2. The van der Waals surface area contributed by atoms with Crippen LogP contribution in [0.2, 0.25) is 5.15 Å². The van der Waals surface area contributed by atoms with Crippen LogP contribution in [0.4, 0.5) is 20.6 Å². The quantitative estimate of drug-likeness (QED) is 0.611. The van der Waals surface area contributed by atoms with Crippen LogP contribution < -0.4 is 15.0 Å². The van der Waals surface area contributed by atoms with Crippen LogP contribution in [-0.4, -0.2) is 16.0 Å². The van der Waals surface area contributed by atoms with Crippen molar-refractivity contribution < 1.29 is 13.9 Å². The molecule has 2 aliphatic rings. The summed E-state index contributed by atoms with van der Waals surface area (Å²) >= 11 is 6.20. The maximum Gasteiger partial charge on any atom is 0.326 e. The lowest BCUT2D eigenvalue weighted by atomic mass is 9.99. The molecule has 0 saturated heterocycles. The number of amides is 2. The highest BCUT2D eigenvalue weighted by molar-refractivity contribution is 6.31. The molecule has 0 bridgehead atoms. The van der Waals surface area contributed by atoms with E-state index in [2.05, 4.69) is 15.3 Å². The van der Waals surface area contributed by atoms with E-state index in [9.17, 15) is 9.18 Å². The van der Waals surface area contributed by atoms with Crippen LogP contribution in [0.3, 0.4) is 0 Å². The summed E-state index contributed by atoms with van der Waals surface area (Å²) < 4.78 is 20.2. The second-order valence-electron chi connectivity index (χ2n) is 6.95. The van der Waals surface area contributed by atoms with Crippen molar-refractivity contribution in [2.24, 2.45) is 0 Å². The number of hydrogen-bond donors (Lipinski definition) is 1. The molecule has 2 aromatic heterocycles. The number of halogens is 2. The second kappa shape index (κ2) is 7.00. The minimum atomic E-state index is -0.464. The van der Waals surface area contributed by atoms with Crippen LogP contribution >= 0.6 is 11.6 Å². The number of fused-ring (bicyclic) bond motifs is 2. The van der Waals surface area contributed by atoms with Crippen molar-refractivity contribution >= 4 is 29.0 Å². The minimum Gasteiger partial charge on any atom is -0.484 e. The van der Waals surface area contributed by atoms with Gasteiger partial charge in [-0.15, -0.1) is 0 Å². The zero-order valence-corrected chi connectivity index (χ0v) is 16.0. The molecule has 8 heteroatoms. The number of urea groups is 1. The largest absolute Gasteiger partial charge is 0.484 e. The first-order chi connectivity index (χ1) is 14.1. The number of hydrogen-bond acceptors (Lipinski definition) is 4. The van der Waals surface area contributed by atoms with E-state index in [0.717, 1.165) is 17.5 Å². The van der Waals surface area contributed by atoms with Crippen molar-refractivity contribution in [3.8, 4) is 5.75 Å². The molecule has 5 rings (SSSR count). The lowest BCUT2D eigenvalue weighted by Gasteiger charge is -2.31. The number of benzene rings is 1. The molecular formula is C21H16ClFN4O2. The highest BCUT2D eigenvalue weighted by Gasteiger charge is 2.29. The van der Waals surface area contributed by atoms with E-state index in [0.29, 0.717) is 40.9 Å². The molecule has 146 valence electrons. The van der Waals surface area contributed by atoms with Crippen LogP contribution in [-0.2, 0) is 13.0 Å². The Morgan fingerprint density at radius 2 is 2.10 bits per heavy atom. The first-order valence-corrected chi connectivity index (χ1v) is 9.60. The number of nitrogens with zero attached hydrogens (tertiary/aromatic N) is 3. The van der Waals surface area contributed by atoms with Crippen molar-refractivity contribution in [3.05, 3.63) is 76.6 Å². The van der Waals surface area contributed by atoms with Crippen molar-refractivity contribution in [1.29, 1.82) is 0 Å². The molecule has 0 saturated carbocycles. The molecule has 0 radical (unpaired) electrons. The second-order valence-corrected chi connectivity index (χ2v) is 7.31. The standard InChI is InChI=1S/C21H16ClFN4O2/c22-20-14-11-27(21(28)26-16(14)7-9-25-20)13-5-3-12-4-6-17(29-18(12)10-13)19-15(23)2-1-8-24-19/h1-3,5,7-10,17H,4,6,11H2,(H,26,28). The van der Waals surface area contributed by atoms with Crippen LogP contribution in [0.15, 0.2) is 48.8 Å². The lowest BCUT2D eigenvalue weighted by Crippen LogP contribution is -2.39. The number of ether oxygens (including phenoxy) is 1. The Morgan fingerprint density at radius 3 is 2.97 bits per heavy atom. The van der Waals surface area contributed by atoms with Gasteiger partial charge in [0.2, 0.25) is 0 Å². The smallest absolute Gasteiger partial charge is 0.326 e. The Labute approximate surface area is 171 Å². The van der Waals surface area contributed by atoms with E-state index in [1.807, 2.05) is 12.1 Å². The number of rotatable bonds is 2. The molecule has 0 aliphatic carbocycles. The molecular weight excluding hydrogens is 395 g/mol.